The van der Waals surface area contributed by atoms with Crippen molar-refractivity contribution in [1.82, 2.24) is 9.80 Å². The zero-order valence-electron chi connectivity index (χ0n) is 19.0. The fraction of sp³-hybridized carbons (Fsp3) is 0.222. The van der Waals surface area contributed by atoms with E-state index in [1.165, 1.54) is 4.90 Å². The van der Waals surface area contributed by atoms with Gasteiger partial charge in [0.15, 0.2) is 0 Å². The fourth-order valence-electron chi connectivity index (χ4n) is 3.97. The third kappa shape index (κ3) is 5.29. The van der Waals surface area contributed by atoms with Crippen LogP contribution in [0, 0.1) is 0 Å². The summed E-state index contributed by atoms with van der Waals surface area (Å²) < 4.78 is 0. The molecule has 1 saturated heterocycles. The first-order chi connectivity index (χ1) is 16.5. The Morgan fingerprint density at radius 1 is 0.912 bits per heavy atom. The second kappa shape index (κ2) is 10.5. The average Bonchev–Trinajstić information content (AvgIpc) is 3.26. The SMILES string of the molecule is CCCN(CC(=O)N1CC(=O)N(c2ccc(Cl)cc2)C1)C(=O)c1ccc(-c2ccccc2)cc1. The second-order valence-corrected chi connectivity index (χ2v) is 8.64. The first-order valence-electron chi connectivity index (χ1n) is 11.2. The first kappa shape index (κ1) is 23.5. The molecule has 3 aromatic rings. The van der Waals surface area contributed by atoms with Crippen molar-refractivity contribution in [3.63, 3.8) is 0 Å². The largest absolute Gasteiger partial charge is 0.329 e. The van der Waals surface area contributed by atoms with Crippen molar-refractivity contribution in [2.45, 2.75) is 13.3 Å². The Hall–Kier alpha value is -3.64. The van der Waals surface area contributed by atoms with E-state index in [1.807, 2.05) is 49.4 Å². The fourth-order valence-corrected chi connectivity index (χ4v) is 4.09. The zero-order chi connectivity index (χ0) is 24.1. The van der Waals surface area contributed by atoms with Gasteiger partial charge in [0.2, 0.25) is 11.8 Å². The van der Waals surface area contributed by atoms with Crippen LogP contribution < -0.4 is 4.90 Å². The zero-order valence-corrected chi connectivity index (χ0v) is 19.7. The Morgan fingerprint density at radius 2 is 1.56 bits per heavy atom. The summed E-state index contributed by atoms with van der Waals surface area (Å²) in [6.07, 6.45) is 0.719. The van der Waals surface area contributed by atoms with E-state index in [9.17, 15) is 14.4 Å². The summed E-state index contributed by atoms with van der Waals surface area (Å²) >= 11 is 5.94. The Bertz CT molecular complexity index is 1160. The van der Waals surface area contributed by atoms with E-state index in [4.69, 9.17) is 11.6 Å². The van der Waals surface area contributed by atoms with Crippen molar-refractivity contribution in [2.75, 3.05) is 31.2 Å². The molecule has 4 rings (SSSR count). The van der Waals surface area contributed by atoms with Crippen LogP contribution in [0.15, 0.2) is 78.9 Å². The van der Waals surface area contributed by atoms with Gasteiger partial charge < -0.3 is 9.80 Å². The minimum absolute atomic E-state index is 0.0125. The van der Waals surface area contributed by atoms with E-state index >= 15 is 0 Å². The summed E-state index contributed by atoms with van der Waals surface area (Å²) in [5, 5.41) is 0.578. The van der Waals surface area contributed by atoms with Crippen LogP contribution in [0.1, 0.15) is 23.7 Å². The third-order valence-electron chi connectivity index (χ3n) is 5.78. The molecule has 1 fully saturated rings. The van der Waals surface area contributed by atoms with Gasteiger partial charge in [0, 0.05) is 22.8 Å². The molecule has 0 radical (unpaired) electrons. The molecular weight excluding hydrogens is 450 g/mol. The lowest BCUT2D eigenvalue weighted by Gasteiger charge is -2.25. The van der Waals surface area contributed by atoms with Crippen molar-refractivity contribution < 1.29 is 14.4 Å². The van der Waals surface area contributed by atoms with Crippen molar-refractivity contribution in [2.24, 2.45) is 0 Å². The number of hydrogen-bond acceptors (Lipinski definition) is 3. The lowest BCUT2D eigenvalue weighted by atomic mass is 10.0. The highest BCUT2D eigenvalue weighted by Crippen LogP contribution is 2.23. The number of halogens is 1. The van der Waals surface area contributed by atoms with Gasteiger partial charge in [-0.15, -0.1) is 0 Å². The number of rotatable bonds is 7. The topological polar surface area (TPSA) is 60.9 Å². The van der Waals surface area contributed by atoms with E-state index in [-0.39, 0.29) is 37.5 Å². The number of carbonyl (C=O) groups is 3. The molecule has 0 saturated carbocycles. The first-order valence-corrected chi connectivity index (χ1v) is 11.6. The quantitative estimate of drug-likeness (QED) is 0.498. The van der Waals surface area contributed by atoms with Crippen LogP contribution in [0.4, 0.5) is 5.69 Å². The minimum Gasteiger partial charge on any atom is -0.329 e. The summed E-state index contributed by atoms with van der Waals surface area (Å²) in [6, 6.07) is 24.3. The molecule has 1 aliphatic rings. The van der Waals surface area contributed by atoms with Gasteiger partial charge in [-0.25, -0.2) is 0 Å². The predicted molar refractivity (Wildman–Crippen MR) is 134 cm³/mol. The number of nitrogens with zero attached hydrogens (tertiary/aromatic N) is 3. The lowest BCUT2D eigenvalue weighted by molar-refractivity contribution is -0.132. The van der Waals surface area contributed by atoms with Gasteiger partial charge in [-0.3, -0.25) is 19.3 Å². The maximum absolute atomic E-state index is 13.2. The van der Waals surface area contributed by atoms with Crippen LogP contribution in [0.3, 0.4) is 0 Å². The van der Waals surface area contributed by atoms with E-state index in [0.717, 1.165) is 17.5 Å². The molecule has 0 aliphatic carbocycles. The van der Waals surface area contributed by atoms with Crippen LogP contribution >= 0.6 is 11.6 Å². The van der Waals surface area contributed by atoms with Crippen LogP contribution in [0.5, 0.6) is 0 Å². The molecule has 174 valence electrons. The third-order valence-corrected chi connectivity index (χ3v) is 6.03. The summed E-state index contributed by atoms with van der Waals surface area (Å²) in [7, 11) is 0. The minimum atomic E-state index is -0.257. The van der Waals surface area contributed by atoms with E-state index < -0.39 is 0 Å². The molecular formula is C27H26ClN3O3. The highest BCUT2D eigenvalue weighted by Gasteiger charge is 2.33. The van der Waals surface area contributed by atoms with Crippen molar-refractivity contribution >= 4 is 35.0 Å². The summed E-state index contributed by atoms with van der Waals surface area (Å²) in [6.45, 7) is 2.48. The van der Waals surface area contributed by atoms with Gasteiger partial charge in [0.25, 0.3) is 5.91 Å². The number of amides is 3. The monoisotopic (exact) mass is 475 g/mol. The summed E-state index contributed by atoms with van der Waals surface area (Å²) in [5.41, 5.74) is 3.31. The molecule has 0 unspecified atom stereocenters. The molecule has 0 N–H and O–H groups in total. The number of carbonyl (C=O) groups excluding carboxylic acids is 3. The molecule has 0 atom stereocenters. The molecule has 6 nitrogen and oxygen atoms in total. The normalized spacial score (nSPS) is 13.3. The molecule has 0 spiro atoms. The van der Waals surface area contributed by atoms with Gasteiger partial charge in [-0.2, -0.15) is 0 Å². The molecule has 1 aliphatic heterocycles. The average molecular weight is 476 g/mol. The maximum atomic E-state index is 13.2. The van der Waals surface area contributed by atoms with Crippen molar-refractivity contribution in [1.29, 1.82) is 0 Å². The van der Waals surface area contributed by atoms with Gasteiger partial charge in [0.05, 0.1) is 0 Å². The van der Waals surface area contributed by atoms with Crippen molar-refractivity contribution in [3.8, 4) is 11.1 Å². The molecule has 3 aromatic carbocycles. The number of anilines is 1. The van der Waals surface area contributed by atoms with E-state index in [0.29, 0.717) is 22.8 Å². The van der Waals surface area contributed by atoms with E-state index in [2.05, 4.69) is 0 Å². The molecule has 0 aromatic heterocycles. The standard InChI is InChI=1S/C27H26ClN3O3/c1-2-16-29(27(34)22-10-8-21(9-11-22)20-6-4-3-5-7-20)17-25(32)30-18-26(33)31(19-30)24-14-12-23(28)13-15-24/h3-15H,2,16-19H2,1H3. The van der Waals surface area contributed by atoms with Crippen LogP contribution in [0.25, 0.3) is 11.1 Å². The molecule has 1 heterocycles. The Kier molecular flexibility index (Phi) is 7.28. The van der Waals surface area contributed by atoms with Crippen molar-refractivity contribution in [3.05, 3.63) is 89.4 Å². The lowest BCUT2D eigenvalue weighted by Crippen LogP contribution is -2.43. The van der Waals surface area contributed by atoms with Gasteiger partial charge in [-0.1, -0.05) is 61.0 Å². The second-order valence-electron chi connectivity index (χ2n) is 8.20. The van der Waals surface area contributed by atoms with E-state index in [1.54, 1.807) is 46.2 Å². The molecule has 3 amide bonds. The highest BCUT2D eigenvalue weighted by molar-refractivity contribution is 6.30. The molecule has 7 heteroatoms. The number of hydrogen-bond donors (Lipinski definition) is 0. The highest BCUT2D eigenvalue weighted by atomic mass is 35.5. The van der Waals surface area contributed by atoms with Gasteiger partial charge >= 0.3 is 0 Å². The van der Waals surface area contributed by atoms with Crippen LogP contribution in [-0.4, -0.2) is 53.8 Å². The van der Waals surface area contributed by atoms with Gasteiger partial charge in [0.1, 0.15) is 19.8 Å². The molecule has 0 bridgehead atoms. The Morgan fingerprint density at radius 3 is 2.21 bits per heavy atom. The molecule has 34 heavy (non-hydrogen) atoms. The Balaban J connectivity index is 1.43. The summed E-state index contributed by atoms with van der Waals surface area (Å²) in [4.78, 5) is 43.3. The van der Waals surface area contributed by atoms with Gasteiger partial charge in [-0.05, 0) is 53.9 Å². The summed E-state index contributed by atoms with van der Waals surface area (Å²) in [5.74, 6) is -0.622. The number of benzene rings is 3. The smallest absolute Gasteiger partial charge is 0.254 e. The predicted octanol–water partition coefficient (Wildman–Crippen LogP) is 4.69. The van der Waals surface area contributed by atoms with Crippen LogP contribution in [-0.2, 0) is 9.59 Å². The Labute approximate surface area is 204 Å². The van der Waals surface area contributed by atoms with Crippen LogP contribution in [0.2, 0.25) is 5.02 Å². The maximum Gasteiger partial charge on any atom is 0.254 e.